The van der Waals surface area contributed by atoms with Gasteiger partial charge in [-0.3, -0.25) is 15.0 Å². The SMILES string of the molecule is CCCn1c(NC(=O)c2cccc(N(C(=O)O)C(C)(C)C)c2)nc2ccccc21. The number of aromatic nitrogens is 2. The molecular weight excluding hydrogens is 368 g/mol. The zero-order valence-corrected chi connectivity index (χ0v) is 17.1. The molecule has 0 bridgehead atoms. The van der Waals surface area contributed by atoms with Gasteiger partial charge in [0.05, 0.1) is 11.0 Å². The van der Waals surface area contributed by atoms with Crippen molar-refractivity contribution in [1.82, 2.24) is 9.55 Å². The Labute approximate surface area is 170 Å². The molecule has 7 nitrogen and oxygen atoms in total. The van der Waals surface area contributed by atoms with E-state index in [1.54, 1.807) is 45.0 Å². The highest BCUT2D eigenvalue weighted by Gasteiger charge is 2.28. The van der Waals surface area contributed by atoms with Crippen LogP contribution in [0.5, 0.6) is 0 Å². The van der Waals surface area contributed by atoms with E-state index in [9.17, 15) is 14.7 Å². The van der Waals surface area contributed by atoms with Gasteiger partial charge in [-0.25, -0.2) is 9.78 Å². The lowest BCUT2D eigenvalue weighted by Gasteiger charge is -2.33. The van der Waals surface area contributed by atoms with Gasteiger partial charge in [-0.1, -0.05) is 25.1 Å². The lowest BCUT2D eigenvalue weighted by Crippen LogP contribution is -2.45. The Kier molecular flexibility index (Phi) is 5.59. The third kappa shape index (κ3) is 4.23. The number of para-hydroxylation sites is 2. The number of amides is 2. The fourth-order valence-electron chi connectivity index (χ4n) is 3.37. The van der Waals surface area contributed by atoms with E-state index in [2.05, 4.69) is 17.2 Å². The maximum absolute atomic E-state index is 12.9. The highest BCUT2D eigenvalue weighted by atomic mass is 16.4. The molecule has 2 aromatic carbocycles. The summed E-state index contributed by atoms with van der Waals surface area (Å²) >= 11 is 0. The van der Waals surface area contributed by atoms with Crippen molar-refractivity contribution in [2.24, 2.45) is 0 Å². The molecule has 7 heteroatoms. The predicted molar refractivity (Wildman–Crippen MR) is 115 cm³/mol. The Bertz CT molecular complexity index is 1050. The Morgan fingerprint density at radius 3 is 2.52 bits per heavy atom. The van der Waals surface area contributed by atoms with Crippen LogP contribution in [-0.4, -0.2) is 32.2 Å². The van der Waals surface area contributed by atoms with Crippen molar-refractivity contribution in [2.45, 2.75) is 46.2 Å². The molecule has 1 heterocycles. The Morgan fingerprint density at radius 2 is 1.86 bits per heavy atom. The monoisotopic (exact) mass is 394 g/mol. The molecule has 0 atom stereocenters. The van der Waals surface area contributed by atoms with Crippen LogP contribution in [0.4, 0.5) is 16.4 Å². The lowest BCUT2D eigenvalue weighted by molar-refractivity contribution is 0.102. The van der Waals surface area contributed by atoms with Crippen LogP contribution in [0.15, 0.2) is 48.5 Å². The maximum atomic E-state index is 12.9. The first-order valence-electron chi connectivity index (χ1n) is 9.62. The van der Waals surface area contributed by atoms with Crippen molar-refractivity contribution in [3.8, 4) is 0 Å². The largest absolute Gasteiger partial charge is 0.465 e. The maximum Gasteiger partial charge on any atom is 0.412 e. The van der Waals surface area contributed by atoms with Crippen LogP contribution >= 0.6 is 0 Å². The van der Waals surface area contributed by atoms with Crippen molar-refractivity contribution in [3.63, 3.8) is 0 Å². The summed E-state index contributed by atoms with van der Waals surface area (Å²) in [6.45, 7) is 8.22. The van der Waals surface area contributed by atoms with E-state index < -0.39 is 11.6 Å². The number of nitrogens with one attached hydrogen (secondary N) is 1. The minimum atomic E-state index is -1.07. The van der Waals surface area contributed by atoms with Gasteiger partial charge in [-0.2, -0.15) is 0 Å². The molecule has 3 aromatic rings. The molecule has 1 aromatic heterocycles. The van der Waals surface area contributed by atoms with E-state index in [1.807, 2.05) is 28.8 Å². The summed E-state index contributed by atoms with van der Waals surface area (Å²) in [6, 6.07) is 14.3. The molecule has 29 heavy (non-hydrogen) atoms. The number of aryl methyl sites for hydroxylation is 1. The van der Waals surface area contributed by atoms with Gasteiger partial charge in [-0.05, 0) is 57.5 Å². The van der Waals surface area contributed by atoms with Crippen molar-refractivity contribution >= 4 is 34.7 Å². The quantitative estimate of drug-likeness (QED) is 0.639. The summed E-state index contributed by atoms with van der Waals surface area (Å²) in [7, 11) is 0. The highest BCUT2D eigenvalue weighted by Crippen LogP contribution is 2.26. The van der Waals surface area contributed by atoms with Crippen LogP contribution in [0.3, 0.4) is 0 Å². The second kappa shape index (κ2) is 7.95. The zero-order chi connectivity index (χ0) is 21.2. The molecule has 0 saturated heterocycles. The molecule has 0 radical (unpaired) electrons. The third-order valence-corrected chi connectivity index (χ3v) is 4.56. The third-order valence-electron chi connectivity index (χ3n) is 4.56. The van der Waals surface area contributed by atoms with Gasteiger partial charge >= 0.3 is 6.09 Å². The number of carboxylic acid groups (broad SMARTS) is 1. The van der Waals surface area contributed by atoms with E-state index in [0.29, 0.717) is 17.2 Å². The summed E-state index contributed by atoms with van der Waals surface area (Å²) < 4.78 is 1.98. The number of carbonyl (C=O) groups is 2. The van der Waals surface area contributed by atoms with Crippen molar-refractivity contribution in [2.75, 3.05) is 10.2 Å². The lowest BCUT2D eigenvalue weighted by atomic mass is 10.0. The number of hydrogen-bond acceptors (Lipinski definition) is 3. The number of hydrogen-bond donors (Lipinski definition) is 2. The predicted octanol–water partition coefficient (Wildman–Crippen LogP) is 4.98. The number of anilines is 2. The van der Waals surface area contributed by atoms with Gasteiger partial charge in [-0.15, -0.1) is 0 Å². The van der Waals surface area contributed by atoms with Crippen LogP contribution in [0.25, 0.3) is 11.0 Å². The van der Waals surface area contributed by atoms with Crippen molar-refractivity contribution in [3.05, 3.63) is 54.1 Å². The van der Waals surface area contributed by atoms with Crippen molar-refractivity contribution < 1.29 is 14.7 Å². The standard InChI is InChI=1S/C22H26N4O3/c1-5-13-25-18-12-7-6-11-17(18)23-20(25)24-19(27)15-9-8-10-16(14-15)26(21(28)29)22(2,3)4/h6-12,14H,5,13H2,1-4H3,(H,28,29)(H,23,24,27). The van der Waals surface area contributed by atoms with Gasteiger partial charge in [0.25, 0.3) is 5.91 Å². The Balaban J connectivity index is 1.94. The second-order valence-corrected chi connectivity index (χ2v) is 7.87. The number of carbonyl (C=O) groups excluding carboxylic acids is 1. The first kappa shape index (κ1) is 20.4. The highest BCUT2D eigenvalue weighted by molar-refractivity contribution is 6.05. The average molecular weight is 394 g/mol. The van der Waals surface area contributed by atoms with Gasteiger partial charge < -0.3 is 9.67 Å². The number of fused-ring (bicyclic) bond motifs is 1. The van der Waals surface area contributed by atoms with Crippen LogP contribution in [-0.2, 0) is 6.54 Å². The average Bonchev–Trinajstić information content (AvgIpc) is 2.98. The molecule has 0 aliphatic rings. The van der Waals surface area contributed by atoms with Gasteiger partial charge in [0.2, 0.25) is 5.95 Å². The molecule has 0 spiro atoms. The Hall–Kier alpha value is -3.35. The fraction of sp³-hybridized carbons (Fsp3) is 0.318. The number of benzene rings is 2. The minimum Gasteiger partial charge on any atom is -0.465 e. The van der Waals surface area contributed by atoms with E-state index in [1.165, 1.54) is 4.90 Å². The van der Waals surface area contributed by atoms with E-state index in [4.69, 9.17) is 0 Å². The fourth-order valence-corrected chi connectivity index (χ4v) is 3.37. The second-order valence-electron chi connectivity index (χ2n) is 7.87. The summed E-state index contributed by atoms with van der Waals surface area (Å²) in [5.74, 6) is 0.146. The smallest absolute Gasteiger partial charge is 0.412 e. The molecular formula is C22H26N4O3. The first-order valence-corrected chi connectivity index (χ1v) is 9.62. The molecule has 2 amide bonds. The summed E-state index contributed by atoms with van der Waals surface area (Å²) in [5, 5.41) is 12.5. The van der Waals surface area contributed by atoms with Crippen LogP contribution in [0, 0.1) is 0 Å². The van der Waals surface area contributed by atoms with E-state index >= 15 is 0 Å². The molecule has 152 valence electrons. The van der Waals surface area contributed by atoms with Gasteiger partial charge in [0, 0.05) is 23.3 Å². The summed E-state index contributed by atoms with van der Waals surface area (Å²) in [5.41, 5.74) is 1.95. The topological polar surface area (TPSA) is 87.5 Å². The summed E-state index contributed by atoms with van der Waals surface area (Å²) in [4.78, 5) is 30.5. The Morgan fingerprint density at radius 1 is 1.14 bits per heavy atom. The molecule has 2 N–H and O–H groups in total. The molecule has 0 saturated carbocycles. The van der Waals surface area contributed by atoms with Gasteiger partial charge in [0.15, 0.2) is 0 Å². The first-order chi connectivity index (χ1) is 13.7. The zero-order valence-electron chi connectivity index (χ0n) is 17.1. The van der Waals surface area contributed by atoms with Crippen LogP contribution in [0.1, 0.15) is 44.5 Å². The van der Waals surface area contributed by atoms with Crippen LogP contribution < -0.4 is 10.2 Å². The molecule has 0 unspecified atom stereocenters. The summed E-state index contributed by atoms with van der Waals surface area (Å²) in [6.07, 6.45) is -0.169. The number of rotatable bonds is 5. The normalized spacial score (nSPS) is 11.4. The van der Waals surface area contributed by atoms with E-state index in [-0.39, 0.29) is 5.91 Å². The molecule has 0 fully saturated rings. The van der Waals surface area contributed by atoms with Gasteiger partial charge in [0.1, 0.15) is 0 Å². The minimum absolute atomic E-state index is 0.334. The van der Waals surface area contributed by atoms with E-state index in [0.717, 1.165) is 24.0 Å². The molecule has 0 aliphatic carbocycles. The van der Waals surface area contributed by atoms with Crippen molar-refractivity contribution in [1.29, 1.82) is 0 Å². The number of imidazole rings is 1. The molecule has 3 rings (SSSR count). The molecule has 0 aliphatic heterocycles. The van der Waals surface area contributed by atoms with Crippen LogP contribution in [0.2, 0.25) is 0 Å². The number of nitrogens with zero attached hydrogens (tertiary/aromatic N) is 3.